The van der Waals surface area contributed by atoms with Gasteiger partial charge in [0.2, 0.25) is 10.0 Å². The second-order valence-corrected chi connectivity index (χ2v) is 9.19. The number of fused-ring (bicyclic) bond motifs is 1. The molecule has 4 aromatic rings. The van der Waals surface area contributed by atoms with E-state index in [1.807, 2.05) is 54.6 Å². The van der Waals surface area contributed by atoms with Crippen molar-refractivity contribution in [2.45, 2.75) is 17.9 Å². The molecule has 1 aromatic heterocycles. The van der Waals surface area contributed by atoms with Gasteiger partial charge in [-0.15, -0.1) is 0 Å². The lowest BCUT2D eigenvalue weighted by Crippen LogP contribution is -2.23. The van der Waals surface area contributed by atoms with Crippen LogP contribution in [0, 0.1) is 0 Å². The van der Waals surface area contributed by atoms with E-state index in [-0.39, 0.29) is 22.9 Å². The van der Waals surface area contributed by atoms with Gasteiger partial charge in [0, 0.05) is 17.4 Å². The van der Waals surface area contributed by atoms with Crippen LogP contribution in [0.3, 0.4) is 0 Å². The smallest absolute Gasteiger partial charge is 0.307 e. The van der Waals surface area contributed by atoms with E-state index in [4.69, 9.17) is 11.6 Å². The van der Waals surface area contributed by atoms with Gasteiger partial charge in [0.15, 0.2) is 0 Å². The Bertz CT molecular complexity index is 1370. The number of halogens is 1. The van der Waals surface area contributed by atoms with E-state index >= 15 is 0 Å². The maximum atomic E-state index is 12.9. The number of carboxylic acid groups (broad SMARTS) is 1. The molecule has 0 spiro atoms. The predicted octanol–water partition coefficient (Wildman–Crippen LogP) is 4.59. The van der Waals surface area contributed by atoms with E-state index in [2.05, 4.69) is 9.71 Å². The Balaban J connectivity index is 1.75. The summed E-state index contributed by atoms with van der Waals surface area (Å²) in [5, 5.41) is 10.2. The molecule has 3 aromatic carbocycles. The van der Waals surface area contributed by atoms with Gasteiger partial charge in [0.05, 0.1) is 17.1 Å². The Hall–Kier alpha value is -3.13. The van der Waals surface area contributed by atoms with E-state index in [0.717, 1.165) is 16.5 Å². The summed E-state index contributed by atoms with van der Waals surface area (Å²) in [5.74, 6) is -0.975. The maximum absolute atomic E-state index is 12.9. The van der Waals surface area contributed by atoms with Crippen LogP contribution < -0.4 is 4.72 Å². The van der Waals surface area contributed by atoms with Crippen LogP contribution in [0.25, 0.3) is 22.2 Å². The second kappa shape index (κ2) is 8.55. The molecule has 0 fully saturated rings. The van der Waals surface area contributed by atoms with Gasteiger partial charge in [-0.05, 0) is 34.9 Å². The minimum atomic E-state index is -3.90. The molecule has 6 nitrogen and oxygen atoms in total. The minimum Gasteiger partial charge on any atom is -0.481 e. The summed E-state index contributed by atoms with van der Waals surface area (Å²) < 4.78 is 28.5. The Morgan fingerprint density at radius 1 is 1.00 bits per heavy atom. The van der Waals surface area contributed by atoms with Crippen molar-refractivity contribution in [3.05, 3.63) is 88.9 Å². The number of aromatic nitrogens is 1. The zero-order valence-electron chi connectivity index (χ0n) is 16.3. The Kier molecular flexibility index (Phi) is 5.82. The van der Waals surface area contributed by atoms with E-state index in [9.17, 15) is 18.3 Å². The molecule has 0 aliphatic heterocycles. The Labute approximate surface area is 184 Å². The highest BCUT2D eigenvalue weighted by molar-refractivity contribution is 7.89. The average molecular weight is 455 g/mol. The molecule has 3 N–H and O–H groups in total. The number of aliphatic carboxylic acids is 1. The number of benzene rings is 3. The molecule has 0 amide bonds. The number of carboxylic acids is 1. The first kappa shape index (κ1) is 21.1. The number of hydrogen-bond donors (Lipinski definition) is 3. The lowest BCUT2D eigenvalue weighted by atomic mass is 10.0. The van der Waals surface area contributed by atoms with Gasteiger partial charge in [0.1, 0.15) is 4.90 Å². The van der Waals surface area contributed by atoms with E-state index in [1.54, 1.807) is 6.07 Å². The number of aromatic amines is 1. The van der Waals surface area contributed by atoms with Crippen molar-refractivity contribution >= 4 is 38.5 Å². The summed E-state index contributed by atoms with van der Waals surface area (Å²) in [6.45, 7) is 0.125. The van der Waals surface area contributed by atoms with Crippen molar-refractivity contribution in [2.24, 2.45) is 0 Å². The molecule has 0 unspecified atom stereocenters. The molecule has 8 heteroatoms. The Morgan fingerprint density at radius 2 is 1.71 bits per heavy atom. The number of carbonyl (C=O) groups is 1. The molecule has 1 heterocycles. The van der Waals surface area contributed by atoms with Crippen molar-refractivity contribution in [3.8, 4) is 11.3 Å². The normalized spacial score (nSPS) is 11.6. The predicted molar refractivity (Wildman–Crippen MR) is 121 cm³/mol. The molecule has 158 valence electrons. The third-order valence-electron chi connectivity index (χ3n) is 4.96. The first-order chi connectivity index (χ1) is 14.8. The van der Waals surface area contributed by atoms with Crippen LogP contribution in [-0.4, -0.2) is 24.5 Å². The lowest BCUT2D eigenvalue weighted by Gasteiger charge is -2.11. The number of sulfonamides is 1. The Morgan fingerprint density at radius 3 is 2.45 bits per heavy atom. The standard InChI is InChI=1S/C23H19ClN2O4S/c24-19-11-10-16(12-21(19)31(29,30)25-14-15-6-2-1-3-7-15)23-18(13-22(27)28)17-8-4-5-9-20(17)26-23/h1-12,25-26H,13-14H2,(H,27,28). The maximum Gasteiger partial charge on any atom is 0.307 e. The van der Waals surface area contributed by atoms with Gasteiger partial charge >= 0.3 is 5.97 Å². The average Bonchev–Trinajstić information content (AvgIpc) is 3.11. The number of hydrogen-bond acceptors (Lipinski definition) is 3. The number of H-pyrrole nitrogens is 1. The van der Waals surface area contributed by atoms with Crippen LogP contribution in [0.2, 0.25) is 5.02 Å². The quantitative estimate of drug-likeness (QED) is 0.380. The van der Waals surface area contributed by atoms with Gasteiger partial charge in [-0.25, -0.2) is 13.1 Å². The highest BCUT2D eigenvalue weighted by Gasteiger charge is 2.21. The van der Waals surface area contributed by atoms with Gasteiger partial charge in [0.25, 0.3) is 0 Å². The largest absolute Gasteiger partial charge is 0.481 e. The summed E-state index contributed by atoms with van der Waals surface area (Å²) >= 11 is 6.23. The zero-order valence-corrected chi connectivity index (χ0v) is 17.9. The fourth-order valence-electron chi connectivity index (χ4n) is 3.50. The number of nitrogens with one attached hydrogen (secondary N) is 2. The van der Waals surface area contributed by atoms with Crippen molar-refractivity contribution < 1.29 is 18.3 Å². The summed E-state index contributed by atoms with van der Waals surface area (Å²) in [5.41, 5.74) is 3.27. The monoisotopic (exact) mass is 454 g/mol. The molecular formula is C23H19ClN2O4S. The summed E-state index contributed by atoms with van der Waals surface area (Å²) in [6.07, 6.45) is -0.198. The molecule has 0 aliphatic carbocycles. The van der Waals surface area contributed by atoms with Gasteiger partial charge in [-0.1, -0.05) is 66.2 Å². The first-order valence-electron chi connectivity index (χ1n) is 9.50. The van der Waals surface area contributed by atoms with Crippen LogP contribution in [0.15, 0.2) is 77.7 Å². The van der Waals surface area contributed by atoms with Crippen molar-refractivity contribution in [2.75, 3.05) is 0 Å². The third kappa shape index (κ3) is 4.49. The number of rotatable bonds is 7. The lowest BCUT2D eigenvalue weighted by molar-refractivity contribution is -0.136. The molecule has 31 heavy (non-hydrogen) atoms. The topological polar surface area (TPSA) is 99.3 Å². The van der Waals surface area contributed by atoms with Crippen LogP contribution in [-0.2, 0) is 27.8 Å². The van der Waals surface area contributed by atoms with Crippen LogP contribution in [0.4, 0.5) is 0 Å². The highest BCUT2D eigenvalue weighted by atomic mass is 35.5. The fraction of sp³-hybridized carbons (Fsp3) is 0.0870. The van der Waals surface area contributed by atoms with Crippen molar-refractivity contribution in [1.82, 2.24) is 9.71 Å². The summed E-state index contributed by atoms with van der Waals surface area (Å²) in [7, 11) is -3.90. The van der Waals surface area contributed by atoms with Crippen molar-refractivity contribution in [1.29, 1.82) is 0 Å². The third-order valence-corrected chi connectivity index (χ3v) is 6.84. The van der Waals surface area contributed by atoms with E-state index in [1.165, 1.54) is 12.1 Å². The SMILES string of the molecule is O=C(O)Cc1c(-c2ccc(Cl)c(S(=O)(=O)NCc3ccccc3)c2)[nH]c2ccccc12. The highest BCUT2D eigenvalue weighted by Crippen LogP contribution is 2.34. The molecule has 0 bridgehead atoms. The van der Waals surface area contributed by atoms with Crippen molar-refractivity contribution in [3.63, 3.8) is 0 Å². The van der Waals surface area contributed by atoms with E-state index in [0.29, 0.717) is 16.8 Å². The van der Waals surface area contributed by atoms with E-state index < -0.39 is 16.0 Å². The molecule has 0 saturated carbocycles. The summed E-state index contributed by atoms with van der Waals surface area (Å²) in [6, 6.07) is 21.2. The van der Waals surface area contributed by atoms with Crippen LogP contribution in [0.1, 0.15) is 11.1 Å². The fourth-order valence-corrected chi connectivity index (χ4v) is 5.04. The molecule has 0 aliphatic rings. The van der Waals surface area contributed by atoms with Gasteiger partial charge < -0.3 is 10.1 Å². The van der Waals surface area contributed by atoms with Crippen LogP contribution in [0.5, 0.6) is 0 Å². The second-order valence-electron chi connectivity index (χ2n) is 7.05. The zero-order chi connectivity index (χ0) is 22.0. The summed E-state index contributed by atoms with van der Waals surface area (Å²) in [4.78, 5) is 14.6. The molecule has 0 atom stereocenters. The van der Waals surface area contributed by atoms with Gasteiger partial charge in [-0.3, -0.25) is 4.79 Å². The minimum absolute atomic E-state index is 0.0671. The molecule has 4 rings (SSSR count). The van der Waals surface area contributed by atoms with Crippen LogP contribution >= 0.6 is 11.6 Å². The number of para-hydroxylation sites is 1. The molecule has 0 saturated heterocycles. The van der Waals surface area contributed by atoms with Gasteiger partial charge in [-0.2, -0.15) is 0 Å². The molecular weight excluding hydrogens is 436 g/mol. The first-order valence-corrected chi connectivity index (χ1v) is 11.4. The molecule has 0 radical (unpaired) electrons.